The summed E-state index contributed by atoms with van der Waals surface area (Å²) in [6, 6.07) is 4.31. The first-order chi connectivity index (χ1) is 7.78. The number of alkyl halides is 3. The van der Waals surface area contributed by atoms with Gasteiger partial charge in [0.15, 0.2) is 0 Å². The first-order valence-corrected chi connectivity index (χ1v) is 4.24. The van der Waals surface area contributed by atoms with Crippen LogP contribution in [0, 0.1) is 0 Å². The Bertz CT molecular complexity index is 451. The molecule has 0 saturated heterocycles. The molecule has 3 nitrogen and oxygen atoms in total. The second-order valence-corrected chi connectivity index (χ2v) is 2.92. The summed E-state index contributed by atoms with van der Waals surface area (Å²) in [6.07, 6.45) is -4.26. The number of halogens is 4. The number of benzene rings is 1. The van der Waals surface area contributed by atoms with E-state index in [1.807, 2.05) is 0 Å². The minimum Gasteiger partial charge on any atom is -0.476 e. The standard InChI is InChI=1S/C10H6F4O3/c11-8(9(15)16)5-6-2-1-3-7(4-6)17-10(12,13)14/h1-5H,(H,15,16). The lowest BCUT2D eigenvalue weighted by Crippen LogP contribution is -2.17. The fraction of sp³-hybridized carbons (Fsp3) is 0.100. The molecular formula is C10H6F4O3. The van der Waals surface area contributed by atoms with E-state index in [0.717, 1.165) is 12.1 Å². The fourth-order valence-corrected chi connectivity index (χ4v) is 1.01. The third-order valence-corrected chi connectivity index (χ3v) is 1.59. The van der Waals surface area contributed by atoms with Crippen molar-refractivity contribution in [2.24, 2.45) is 0 Å². The minimum atomic E-state index is -4.85. The van der Waals surface area contributed by atoms with E-state index in [1.165, 1.54) is 12.1 Å². The normalized spacial score (nSPS) is 12.4. The van der Waals surface area contributed by atoms with Crippen molar-refractivity contribution in [3.8, 4) is 5.75 Å². The molecule has 0 fully saturated rings. The Kier molecular flexibility index (Phi) is 3.72. The van der Waals surface area contributed by atoms with Crippen molar-refractivity contribution in [3.05, 3.63) is 35.7 Å². The molecule has 0 heterocycles. The maximum Gasteiger partial charge on any atom is 0.573 e. The second kappa shape index (κ2) is 4.86. The van der Waals surface area contributed by atoms with Crippen molar-refractivity contribution in [3.63, 3.8) is 0 Å². The SMILES string of the molecule is O=C(O)C(F)=Cc1cccc(OC(F)(F)F)c1. The van der Waals surface area contributed by atoms with E-state index in [9.17, 15) is 22.4 Å². The largest absolute Gasteiger partial charge is 0.573 e. The van der Waals surface area contributed by atoms with Gasteiger partial charge in [0.05, 0.1) is 0 Å². The van der Waals surface area contributed by atoms with Crippen LogP contribution in [0.25, 0.3) is 6.08 Å². The number of ether oxygens (including phenoxy) is 1. The first-order valence-electron chi connectivity index (χ1n) is 4.24. The van der Waals surface area contributed by atoms with E-state index in [2.05, 4.69) is 4.74 Å². The number of aliphatic carboxylic acids is 1. The van der Waals surface area contributed by atoms with Gasteiger partial charge in [0.1, 0.15) is 5.75 Å². The van der Waals surface area contributed by atoms with Gasteiger partial charge in [0, 0.05) is 0 Å². The van der Waals surface area contributed by atoms with Gasteiger partial charge in [-0.05, 0) is 23.8 Å². The lowest BCUT2D eigenvalue weighted by atomic mass is 10.2. The zero-order chi connectivity index (χ0) is 13.1. The molecule has 0 radical (unpaired) electrons. The number of carboxylic acids is 1. The maximum atomic E-state index is 12.7. The minimum absolute atomic E-state index is 0.0494. The van der Waals surface area contributed by atoms with Crippen LogP contribution in [0.3, 0.4) is 0 Å². The molecule has 0 saturated carbocycles. The second-order valence-electron chi connectivity index (χ2n) is 2.92. The van der Waals surface area contributed by atoms with Gasteiger partial charge in [-0.3, -0.25) is 0 Å². The number of rotatable bonds is 3. The monoisotopic (exact) mass is 250 g/mol. The molecule has 92 valence electrons. The van der Waals surface area contributed by atoms with E-state index in [-0.39, 0.29) is 5.56 Å². The molecule has 0 spiro atoms. The van der Waals surface area contributed by atoms with Gasteiger partial charge in [-0.15, -0.1) is 13.2 Å². The van der Waals surface area contributed by atoms with Gasteiger partial charge in [0.25, 0.3) is 0 Å². The molecule has 0 aliphatic rings. The lowest BCUT2D eigenvalue weighted by Gasteiger charge is -2.08. The van der Waals surface area contributed by atoms with Crippen LogP contribution in [0.1, 0.15) is 5.56 Å². The summed E-state index contributed by atoms with van der Waals surface area (Å²) in [5.41, 5.74) is -0.0494. The van der Waals surface area contributed by atoms with Crippen molar-refractivity contribution >= 4 is 12.0 Å². The maximum absolute atomic E-state index is 12.7. The van der Waals surface area contributed by atoms with Crippen LogP contribution in [-0.4, -0.2) is 17.4 Å². The molecule has 0 aliphatic carbocycles. The Morgan fingerprint density at radius 1 is 1.35 bits per heavy atom. The van der Waals surface area contributed by atoms with E-state index in [0.29, 0.717) is 6.08 Å². The van der Waals surface area contributed by atoms with Gasteiger partial charge >= 0.3 is 12.3 Å². The Morgan fingerprint density at radius 3 is 2.53 bits per heavy atom. The number of hydrogen-bond donors (Lipinski definition) is 1. The Labute approximate surface area is 92.9 Å². The number of carbonyl (C=O) groups is 1. The van der Waals surface area contributed by atoms with E-state index < -0.39 is 23.9 Å². The molecule has 1 rings (SSSR count). The predicted molar refractivity (Wildman–Crippen MR) is 49.8 cm³/mol. The van der Waals surface area contributed by atoms with Crippen molar-refractivity contribution in [1.29, 1.82) is 0 Å². The summed E-state index contributed by atoms with van der Waals surface area (Å²) >= 11 is 0. The Balaban J connectivity index is 2.94. The molecule has 0 aliphatic heterocycles. The predicted octanol–water partition coefficient (Wildman–Crippen LogP) is 2.98. The van der Waals surface area contributed by atoms with Crippen molar-refractivity contribution in [2.75, 3.05) is 0 Å². The average molecular weight is 250 g/mol. The van der Waals surface area contributed by atoms with Crippen molar-refractivity contribution < 1.29 is 32.2 Å². The lowest BCUT2D eigenvalue weighted by molar-refractivity contribution is -0.274. The summed E-state index contributed by atoms with van der Waals surface area (Å²) < 4.78 is 51.8. The van der Waals surface area contributed by atoms with Crippen LogP contribution in [0.5, 0.6) is 5.75 Å². The Hall–Kier alpha value is -2.05. The number of hydrogen-bond acceptors (Lipinski definition) is 2. The zero-order valence-corrected chi connectivity index (χ0v) is 8.16. The highest BCUT2D eigenvalue weighted by Crippen LogP contribution is 2.24. The van der Waals surface area contributed by atoms with Gasteiger partial charge in [-0.1, -0.05) is 12.1 Å². The average Bonchev–Trinajstić information content (AvgIpc) is 2.15. The topological polar surface area (TPSA) is 46.5 Å². The molecular weight excluding hydrogens is 244 g/mol. The summed E-state index contributed by atoms with van der Waals surface area (Å²) in [6.45, 7) is 0. The quantitative estimate of drug-likeness (QED) is 0.662. The van der Waals surface area contributed by atoms with E-state index in [1.54, 1.807) is 0 Å². The van der Waals surface area contributed by atoms with Crippen LogP contribution in [0.4, 0.5) is 17.6 Å². The van der Waals surface area contributed by atoms with Gasteiger partial charge in [0.2, 0.25) is 5.83 Å². The van der Waals surface area contributed by atoms with Crippen LogP contribution in [0.15, 0.2) is 30.1 Å². The van der Waals surface area contributed by atoms with Crippen LogP contribution in [0.2, 0.25) is 0 Å². The molecule has 0 amide bonds. The highest BCUT2D eigenvalue weighted by molar-refractivity contribution is 5.89. The molecule has 1 aromatic rings. The van der Waals surface area contributed by atoms with Gasteiger partial charge < -0.3 is 9.84 Å². The van der Waals surface area contributed by atoms with E-state index >= 15 is 0 Å². The summed E-state index contributed by atoms with van der Waals surface area (Å²) in [5, 5.41) is 8.24. The van der Waals surface area contributed by atoms with Gasteiger partial charge in [-0.2, -0.15) is 4.39 Å². The molecule has 0 unspecified atom stereocenters. The molecule has 0 bridgehead atoms. The molecule has 0 aromatic heterocycles. The van der Waals surface area contributed by atoms with Crippen molar-refractivity contribution in [1.82, 2.24) is 0 Å². The van der Waals surface area contributed by atoms with E-state index in [4.69, 9.17) is 5.11 Å². The first kappa shape index (κ1) is 13.0. The number of carboxylic acid groups (broad SMARTS) is 1. The van der Waals surface area contributed by atoms with Crippen LogP contribution < -0.4 is 4.74 Å². The zero-order valence-electron chi connectivity index (χ0n) is 8.16. The summed E-state index contributed by atoms with van der Waals surface area (Å²) in [7, 11) is 0. The molecule has 7 heteroatoms. The molecule has 0 atom stereocenters. The highest BCUT2D eigenvalue weighted by atomic mass is 19.4. The molecule has 1 aromatic carbocycles. The highest BCUT2D eigenvalue weighted by Gasteiger charge is 2.31. The fourth-order valence-electron chi connectivity index (χ4n) is 1.01. The third-order valence-electron chi connectivity index (χ3n) is 1.59. The summed E-state index contributed by atoms with van der Waals surface area (Å²) in [4.78, 5) is 10.2. The summed E-state index contributed by atoms with van der Waals surface area (Å²) in [5.74, 6) is -3.83. The third kappa shape index (κ3) is 4.54. The molecule has 1 N–H and O–H groups in total. The van der Waals surface area contributed by atoms with Crippen LogP contribution >= 0.6 is 0 Å². The molecule has 17 heavy (non-hydrogen) atoms. The Morgan fingerprint density at radius 2 is 2.00 bits per heavy atom. The van der Waals surface area contributed by atoms with Crippen LogP contribution in [-0.2, 0) is 4.79 Å². The van der Waals surface area contributed by atoms with Gasteiger partial charge in [-0.25, -0.2) is 4.79 Å². The smallest absolute Gasteiger partial charge is 0.476 e. The van der Waals surface area contributed by atoms with Crippen molar-refractivity contribution in [2.45, 2.75) is 6.36 Å².